The first kappa shape index (κ1) is 15.8. The molecule has 0 bridgehead atoms. The molecule has 0 saturated carbocycles. The van der Waals surface area contributed by atoms with Crippen molar-refractivity contribution in [3.8, 4) is 0 Å². The van der Waals surface area contributed by atoms with E-state index in [1.807, 2.05) is 17.1 Å². The summed E-state index contributed by atoms with van der Waals surface area (Å²) in [7, 11) is 2.09. The summed E-state index contributed by atoms with van der Waals surface area (Å²) in [6.07, 6.45) is 10.3. The number of likely N-dealkylation sites (tertiary alicyclic amines) is 1. The molecule has 2 aliphatic heterocycles. The third kappa shape index (κ3) is 3.23. The molecule has 0 radical (unpaired) electrons. The molecule has 2 saturated heterocycles. The van der Waals surface area contributed by atoms with Crippen LogP contribution in [0.25, 0.3) is 0 Å². The zero-order chi connectivity index (χ0) is 16.4. The first-order valence-corrected chi connectivity index (χ1v) is 8.97. The van der Waals surface area contributed by atoms with E-state index in [0.29, 0.717) is 5.92 Å². The minimum atomic E-state index is 0.523. The second-order valence-electron chi connectivity index (χ2n) is 6.92. The smallest absolute Gasteiger partial charge is 0.152 e. The number of nitrogens with zero attached hydrogens (tertiary/aromatic N) is 6. The molecule has 2 fully saturated rings. The number of ether oxygens (including phenoxy) is 1. The maximum absolute atomic E-state index is 5.49. The highest BCUT2D eigenvalue weighted by Gasteiger charge is 2.29. The molecule has 0 aliphatic carbocycles. The van der Waals surface area contributed by atoms with E-state index in [2.05, 4.69) is 31.7 Å². The van der Waals surface area contributed by atoms with Gasteiger partial charge in [0.25, 0.3) is 0 Å². The number of imidazole rings is 1. The van der Waals surface area contributed by atoms with Crippen molar-refractivity contribution in [2.75, 3.05) is 26.3 Å². The fourth-order valence-corrected chi connectivity index (χ4v) is 3.99. The van der Waals surface area contributed by atoms with Gasteiger partial charge >= 0.3 is 0 Å². The zero-order valence-corrected chi connectivity index (χ0v) is 14.3. The van der Waals surface area contributed by atoms with Crippen molar-refractivity contribution < 1.29 is 4.74 Å². The van der Waals surface area contributed by atoms with E-state index in [9.17, 15) is 0 Å². The average Bonchev–Trinajstić information content (AvgIpc) is 3.27. The lowest BCUT2D eigenvalue weighted by atomic mass is 9.93. The van der Waals surface area contributed by atoms with Crippen molar-refractivity contribution >= 4 is 0 Å². The van der Waals surface area contributed by atoms with Gasteiger partial charge in [-0.15, -0.1) is 10.2 Å². The maximum Gasteiger partial charge on any atom is 0.152 e. The number of rotatable bonds is 4. The molecule has 4 rings (SSSR count). The Morgan fingerprint density at radius 1 is 1.12 bits per heavy atom. The highest BCUT2D eigenvalue weighted by Crippen LogP contribution is 2.29. The maximum atomic E-state index is 5.49. The van der Waals surface area contributed by atoms with E-state index in [4.69, 9.17) is 4.74 Å². The fourth-order valence-electron chi connectivity index (χ4n) is 3.99. The van der Waals surface area contributed by atoms with E-state index in [0.717, 1.165) is 37.4 Å². The van der Waals surface area contributed by atoms with Crippen molar-refractivity contribution in [1.82, 2.24) is 29.2 Å². The van der Waals surface area contributed by atoms with Crippen molar-refractivity contribution in [1.29, 1.82) is 0 Å². The molecule has 2 aromatic heterocycles. The summed E-state index contributed by atoms with van der Waals surface area (Å²) in [5.41, 5.74) is 0. The lowest BCUT2D eigenvalue weighted by molar-refractivity contribution is 0.0247. The van der Waals surface area contributed by atoms with Crippen LogP contribution < -0.4 is 0 Å². The molecule has 0 amide bonds. The van der Waals surface area contributed by atoms with Gasteiger partial charge in [-0.3, -0.25) is 0 Å². The Balaban J connectivity index is 1.38. The van der Waals surface area contributed by atoms with Gasteiger partial charge in [-0.25, -0.2) is 4.98 Å². The van der Waals surface area contributed by atoms with Crippen molar-refractivity contribution in [3.63, 3.8) is 0 Å². The van der Waals surface area contributed by atoms with Crippen molar-refractivity contribution in [3.05, 3.63) is 30.4 Å². The van der Waals surface area contributed by atoms with E-state index in [1.165, 1.54) is 38.8 Å². The largest absolute Gasteiger partial charge is 0.381 e. The number of hydrogen-bond acceptors (Lipinski definition) is 5. The first-order valence-electron chi connectivity index (χ1n) is 8.97. The van der Waals surface area contributed by atoms with Gasteiger partial charge in [0.2, 0.25) is 0 Å². The molecule has 4 heterocycles. The van der Waals surface area contributed by atoms with Crippen molar-refractivity contribution in [2.24, 2.45) is 7.05 Å². The van der Waals surface area contributed by atoms with Crippen LogP contribution >= 0.6 is 0 Å². The van der Waals surface area contributed by atoms with Gasteiger partial charge in [0.1, 0.15) is 5.82 Å². The second-order valence-corrected chi connectivity index (χ2v) is 6.92. The highest BCUT2D eigenvalue weighted by atomic mass is 16.5. The summed E-state index contributed by atoms with van der Waals surface area (Å²) < 4.78 is 9.69. The molecule has 2 aromatic rings. The minimum Gasteiger partial charge on any atom is -0.381 e. The van der Waals surface area contributed by atoms with Gasteiger partial charge < -0.3 is 18.8 Å². The van der Waals surface area contributed by atoms with Crippen LogP contribution in [0, 0.1) is 0 Å². The summed E-state index contributed by atoms with van der Waals surface area (Å²) in [6.45, 7) is 4.90. The third-order valence-electron chi connectivity index (χ3n) is 5.48. The molecular formula is C17H26N6O. The fraction of sp³-hybridized carbons (Fsp3) is 0.706. The molecule has 130 valence electrons. The molecule has 0 N–H and O–H groups in total. The van der Waals surface area contributed by atoms with Crippen LogP contribution in [0.2, 0.25) is 0 Å². The van der Waals surface area contributed by atoms with Gasteiger partial charge in [0, 0.05) is 44.6 Å². The zero-order valence-electron chi connectivity index (χ0n) is 14.3. The summed E-state index contributed by atoms with van der Waals surface area (Å²) in [5, 5.41) is 8.91. The van der Waals surface area contributed by atoms with Gasteiger partial charge in [-0.1, -0.05) is 0 Å². The van der Waals surface area contributed by atoms with Crippen LogP contribution in [0.3, 0.4) is 0 Å². The Morgan fingerprint density at radius 3 is 2.62 bits per heavy atom. The molecule has 7 heteroatoms. The third-order valence-corrected chi connectivity index (χ3v) is 5.48. The Kier molecular flexibility index (Phi) is 4.62. The predicted molar refractivity (Wildman–Crippen MR) is 89.7 cm³/mol. The van der Waals surface area contributed by atoms with E-state index in [1.54, 1.807) is 6.20 Å². The topological polar surface area (TPSA) is 61.0 Å². The Bertz CT molecular complexity index is 638. The monoisotopic (exact) mass is 330 g/mol. The normalized spacial score (nSPS) is 21.4. The minimum absolute atomic E-state index is 0.523. The Hall–Kier alpha value is -1.73. The number of hydrogen-bond donors (Lipinski definition) is 0. The van der Waals surface area contributed by atoms with E-state index in [-0.39, 0.29) is 0 Å². The van der Waals surface area contributed by atoms with Gasteiger partial charge in [0.05, 0.1) is 12.9 Å². The molecule has 0 spiro atoms. The average molecular weight is 330 g/mol. The van der Waals surface area contributed by atoms with Crippen LogP contribution in [0.5, 0.6) is 0 Å². The Labute approximate surface area is 142 Å². The molecule has 2 aliphatic rings. The number of aromatic nitrogens is 5. The van der Waals surface area contributed by atoms with Crippen molar-refractivity contribution in [2.45, 2.75) is 44.2 Å². The first-order chi connectivity index (χ1) is 11.8. The highest BCUT2D eigenvalue weighted by molar-refractivity contribution is 5.04. The van der Waals surface area contributed by atoms with Gasteiger partial charge in [-0.05, 0) is 38.8 Å². The van der Waals surface area contributed by atoms with Crippen LogP contribution in [-0.4, -0.2) is 61.6 Å². The standard InChI is InChI=1S/C17H26N6O/c1-21-16(12-22-9-6-18-13-22)19-20-17(21)14-2-7-23(8-3-14)15-4-10-24-11-5-15/h6,9,13-15H,2-5,7-8,10-12H2,1H3. The van der Waals surface area contributed by atoms with E-state index < -0.39 is 0 Å². The molecule has 0 unspecified atom stereocenters. The summed E-state index contributed by atoms with van der Waals surface area (Å²) >= 11 is 0. The predicted octanol–water partition coefficient (Wildman–Crippen LogP) is 1.42. The molecule has 0 atom stereocenters. The molecular weight excluding hydrogens is 304 g/mol. The van der Waals surface area contributed by atoms with Crippen LogP contribution in [0.1, 0.15) is 43.3 Å². The summed E-state index contributed by atoms with van der Waals surface area (Å²) in [5.74, 6) is 2.65. The SMILES string of the molecule is Cn1c(Cn2ccnc2)nnc1C1CCN(C2CCOCC2)CC1. The summed E-state index contributed by atoms with van der Waals surface area (Å²) in [4.78, 5) is 6.74. The Morgan fingerprint density at radius 2 is 1.92 bits per heavy atom. The van der Waals surface area contributed by atoms with Crippen LogP contribution in [-0.2, 0) is 18.3 Å². The van der Waals surface area contributed by atoms with E-state index >= 15 is 0 Å². The molecule has 24 heavy (non-hydrogen) atoms. The van der Waals surface area contributed by atoms with Crippen LogP contribution in [0.15, 0.2) is 18.7 Å². The van der Waals surface area contributed by atoms with Gasteiger partial charge in [-0.2, -0.15) is 0 Å². The van der Waals surface area contributed by atoms with Crippen LogP contribution in [0.4, 0.5) is 0 Å². The summed E-state index contributed by atoms with van der Waals surface area (Å²) in [6, 6.07) is 0.719. The quantitative estimate of drug-likeness (QED) is 0.848. The van der Waals surface area contributed by atoms with Gasteiger partial charge in [0.15, 0.2) is 5.82 Å². The molecule has 0 aromatic carbocycles. The lowest BCUT2D eigenvalue weighted by Gasteiger charge is -2.38. The number of piperidine rings is 1. The molecule has 7 nitrogen and oxygen atoms in total. The second kappa shape index (κ2) is 7.03. The lowest BCUT2D eigenvalue weighted by Crippen LogP contribution is -2.43.